The number of H-pyrrole nitrogens is 2. The normalized spacial score (nSPS) is 22.3. The number of methoxy groups -OCH3 is 1. The van der Waals surface area contributed by atoms with Crippen LogP contribution in [-0.4, -0.2) is 104 Å². The van der Waals surface area contributed by atoms with Gasteiger partial charge in [-0.2, -0.15) is 0 Å². The lowest BCUT2D eigenvalue weighted by atomic mass is 9.90. The van der Waals surface area contributed by atoms with Crippen molar-refractivity contribution in [2.75, 3.05) is 26.9 Å². The summed E-state index contributed by atoms with van der Waals surface area (Å²) in [6.45, 7) is 9.78. The molecule has 5 aromatic rings. The summed E-state index contributed by atoms with van der Waals surface area (Å²) in [4.78, 5) is 72.5. The fourth-order valence-corrected chi connectivity index (χ4v) is 10.1. The van der Waals surface area contributed by atoms with Gasteiger partial charge in [0.25, 0.3) is 0 Å². The van der Waals surface area contributed by atoms with Crippen molar-refractivity contribution in [1.82, 2.24) is 40.4 Å². The number of imidazole rings is 2. The van der Waals surface area contributed by atoms with Crippen molar-refractivity contribution < 1.29 is 38.5 Å². The fourth-order valence-electron chi connectivity index (χ4n) is 10.1. The molecule has 0 radical (unpaired) electrons. The SMILES string of the molecule is COC(=O)N[C@H](C(=O)N1[C@@H](C)CC[C@H]1c1nc2c(ccc3cc4c(cc32)OCc2cc(-c3cnc([C@@H]5C[C@H](C)CN5C(=O)[C@@H](NC(=O)O)C(C)C)[nH]3)ccc2-4)[nH]1)C1CCOCC1. The van der Waals surface area contributed by atoms with Crippen LogP contribution in [0.4, 0.5) is 9.59 Å². The first-order chi connectivity index (χ1) is 29.9. The molecule has 16 nitrogen and oxygen atoms in total. The number of benzene rings is 3. The fraction of sp³-hybridized carbons (Fsp3) is 0.478. The number of nitrogens with zero attached hydrogens (tertiary/aromatic N) is 4. The number of hydrogen-bond acceptors (Lipinski definition) is 9. The van der Waals surface area contributed by atoms with E-state index in [4.69, 9.17) is 24.2 Å². The number of fused-ring (bicyclic) bond motifs is 6. The average molecular weight is 847 g/mol. The minimum Gasteiger partial charge on any atom is -0.488 e. The molecule has 4 aliphatic rings. The largest absolute Gasteiger partial charge is 0.488 e. The second-order valence-electron chi connectivity index (χ2n) is 17.8. The molecule has 9 rings (SSSR count). The number of nitrogens with one attached hydrogen (secondary N) is 4. The van der Waals surface area contributed by atoms with Gasteiger partial charge in [-0.3, -0.25) is 9.59 Å². The average Bonchev–Trinajstić information content (AvgIpc) is 4.09. The number of carbonyl (C=O) groups excluding carboxylic acids is 3. The highest BCUT2D eigenvalue weighted by Gasteiger charge is 2.44. The summed E-state index contributed by atoms with van der Waals surface area (Å²) in [6, 6.07) is 12.4. The molecule has 6 heterocycles. The van der Waals surface area contributed by atoms with E-state index in [2.05, 4.69) is 63.9 Å². The Morgan fingerprint density at radius 3 is 2.48 bits per heavy atom. The lowest BCUT2D eigenvalue weighted by molar-refractivity contribution is -0.138. The van der Waals surface area contributed by atoms with Crippen molar-refractivity contribution >= 4 is 45.8 Å². The van der Waals surface area contributed by atoms with Crippen LogP contribution in [0.3, 0.4) is 0 Å². The first kappa shape index (κ1) is 41.2. The summed E-state index contributed by atoms with van der Waals surface area (Å²) in [7, 11) is 1.31. The molecule has 6 atom stereocenters. The summed E-state index contributed by atoms with van der Waals surface area (Å²) in [5, 5.41) is 16.6. The van der Waals surface area contributed by atoms with Gasteiger partial charge in [0.2, 0.25) is 11.8 Å². The maximum atomic E-state index is 14.4. The van der Waals surface area contributed by atoms with Gasteiger partial charge < -0.3 is 49.7 Å². The van der Waals surface area contributed by atoms with Crippen molar-refractivity contribution in [3.05, 3.63) is 65.9 Å². The zero-order valence-electron chi connectivity index (χ0n) is 35.7. The van der Waals surface area contributed by atoms with E-state index in [1.165, 1.54) is 7.11 Å². The number of alkyl carbamates (subject to hydrolysis) is 1. The zero-order chi connectivity index (χ0) is 43.4. The van der Waals surface area contributed by atoms with Gasteiger partial charge in [0.15, 0.2) is 0 Å². The molecule has 3 fully saturated rings. The van der Waals surface area contributed by atoms with Gasteiger partial charge in [-0.05, 0) is 103 Å². The minimum atomic E-state index is -1.22. The highest BCUT2D eigenvalue weighted by molar-refractivity contribution is 6.07. The highest BCUT2D eigenvalue weighted by Crippen LogP contribution is 2.44. The number of rotatable bonds is 9. The molecule has 4 amide bonds. The molecule has 0 unspecified atom stereocenters. The molecule has 326 valence electrons. The maximum absolute atomic E-state index is 14.4. The van der Waals surface area contributed by atoms with Crippen LogP contribution in [-0.2, 0) is 25.7 Å². The van der Waals surface area contributed by atoms with E-state index in [1.807, 2.05) is 31.7 Å². The smallest absolute Gasteiger partial charge is 0.407 e. The van der Waals surface area contributed by atoms with Crippen molar-refractivity contribution in [3.8, 4) is 28.1 Å². The van der Waals surface area contributed by atoms with E-state index < -0.39 is 24.3 Å². The summed E-state index contributed by atoms with van der Waals surface area (Å²) in [5.41, 5.74) is 6.50. The predicted octanol–water partition coefficient (Wildman–Crippen LogP) is 7.07. The molecule has 0 aliphatic carbocycles. The molecule has 0 bridgehead atoms. The molecule has 0 saturated carbocycles. The minimum absolute atomic E-state index is 0.0416. The van der Waals surface area contributed by atoms with E-state index in [1.54, 1.807) is 11.1 Å². The summed E-state index contributed by atoms with van der Waals surface area (Å²) >= 11 is 0. The molecule has 5 N–H and O–H groups in total. The second kappa shape index (κ2) is 16.6. The van der Waals surface area contributed by atoms with Crippen LogP contribution < -0.4 is 15.4 Å². The number of aromatic amines is 2. The molecule has 16 heteroatoms. The summed E-state index contributed by atoms with van der Waals surface area (Å²) < 4.78 is 16.9. The monoisotopic (exact) mass is 846 g/mol. The van der Waals surface area contributed by atoms with Crippen LogP contribution in [0.1, 0.15) is 89.1 Å². The molecule has 3 aromatic carbocycles. The number of aromatic nitrogens is 4. The Morgan fingerprint density at radius 2 is 1.73 bits per heavy atom. The Morgan fingerprint density at radius 1 is 0.919 bits per heavy atom. The number of ether oxygens (including phenoxy) is 3. The summed E-state index contributed by atoms with van der Waals surface area (Å²) in [6.07, 6.45) is 3.56. The number of likely N-dealkylation sites (tertiary alicyclic amines) is 2. The van der Waals surface area contributed by atoms with Gasteiger partial charge in [0, 0.05) is 36.8 Å². The molecular weight excluding hydrogens is 793 g/mol. The second-order valence-corrected chi connectivity index (χ2v) is 17.8. The van der Waals surface area contributed by atoms with Crippen LogP contribution in [0.15, 0.2) is 48.7 Å². The van der Waals surface area contributed by atoms with Crippen LogP contribution in [0.2, 0.25) is 0 Å². The van der Waals surface area contributed by atoms with Gasteiger partial charge in [0.05, 0.1) is 42.1 Å². The number of hydrogen-bond donors (Lipinski definition) is 5. The number of amides is 4. The van der Waals surface area contributed by atoms with E-state index in [0.29, 0.717) is 50.9 Å². The summed E-state index contributed by atoms with van der Waals surface area (Å²) in [5.74, 6) is 1.73. The van der Waals surface area contributed by atoms with Crippen LogP contribution >= 0.6 is 0 Å². The van der Waals surface area contributed by atoms with Gasteiger partial charge in [-0.1, -0.05) is 39.0 Å². The molecule has 3 saturated heterocycles. The van der Waals surface area contributed by atoms with Gasteiger partial charge >= 0.3 is 12.2 Å². The lowest BCUT2D eigenvalue weighted by Gasteiger charge is -2.36. The molecule has 4 aliphatic heterocycles. The third-order valence-electron chi connectivity index (χ3n) is 13.3. The quantitative estimate of drug-likeness (QED) is 0.102. The topological polar surface area (TPSA) is 204 Å². The zero-order valence-corrected chi connectivity index (χ0v) is 35.7. The van der Waals surface area contributed by atoms with Crippen LogP contribution in [0.25, 0.3) is 44.2 Å². The van der Waals surface area contributed by atoms with Gasteiger partial charge in [-0.25, -0.2) is 19.6 Å². The third-order valence-corrected chi connectivity index (χ3v) is 13.3. The number of carbonyl (C=O) groups is 4. The van der Waals surface area contributed by atoms with Gasteiger partial charge in [0.1, 0.15) is 36.1 Å². The van der Waals surface area contributed by atoms with E-state index in [9.17, 15) is 24.3 Å². The molecule has 62 heavy (non-hydrogen) atoms. The van der Waals surface area contributed by atoms with E-state index in [-0.39, 0.29) is 47.7 Å². The lowest BCUT2D eigenvalue weighted by Crippen LogP contribution is -2.54. The maximum Gasteiger partial charge on any atom is 0.407 e. The van der Waals surface area contributed by atoms with Crippen LogP contribution in [0, 0.1) is 17.8 Å². The van der Waals surface area contributed by atoms with Gasteiger partial charge in [-0.15, -0.1) is 0 Å². The van der Waals surface area contributed by atoms with E-state index >= 15 is 0 Å². The Balaban J connectivity index is 0.969. The van der Waals surface area contributed by atoms with Crippen molar-refractivity contribution in [2.45, 2.75) is 96.6 Å². The Kier molecular flexibility index (Phi) is 11.0. The first-order valence-electron chi connectivity index (χ1n) is 21.7. The first-order valence-corrected chi connectivity index (χ1v) is 21.7. The molecule has 0 spiro atoms. The van der Waals surface area contributed by atoms with Crippen LogP contribution in [0.5, 0.6) is 5.75 Å². The van der Waals surface area contributed by atoms with E-state index in [0.717, 1.165) is 74.8 Å². The van der Waals surface area contributed by atoms with Crippen molar-refractivity contribution in [3.63, 3.8) is 0 Å². The third kappa shape index (κ3) is 7.58. The van der Waals surface area contributed by atoms with Crippen molar-refractivity contribution in [1.29, 1.82) is 0 Å². The number of carboxylic acid groups (broad SMARTS) is 1. The van der Waals surface area contributed by atoms with Crippen molar-refractivity contribution in [2.24, 2.45) is 17.8 Å². The predicted molar refractivity (Wildman–Crippen MR) is 230 cm³/mol. The Hall–Kier alpha value is -6.16. The Labute approximate surface area is 359 Å². The molecule has 2 aromatic heterocycles. The Bertz CT molecular complexity index is 2540. The standard InChI is InChI=1S/C46H54N8O8/c1-23(2)38(51-45(57)58)43(55)53-21-24(3)16-36(53)41-47-20-34(49-41)28-7-9-30-29(17-28)22-62-37-19-31-27(18-32(30)37)8-10-33-40(31)50-42(48-33)35-11-6-25(4)54(35)44(56)39(52-46(59)60-5)26-12-14-61-15-13-26/h7-10,17-20,23-26,35-36,38-39,51H,6,11-16,21-22H2,1-5H3,(H,47,49)(H,48,50)(H,52,59)(H,57,58)/t24-,25-,35-,36-,38-,39-/m0/s1. The highest BCUT2D eigenvalue weighted by atomic mass is 16.5. The molecular formula is C46H54N8O8.